The SMILES string of the molecule is CC(=O)c1[nH]c(C)c(O)c1C. The molecule has 0 aliphatic carbocycles. The predicted octanol–water partition coefficient (Wildman–Crippen LogP) is 1.54. The van der Waals surface area contributed by atoms with Crippen LogP contribution >= 0.6 is 0 Å². The van der Waals surface area contributed by atoms with E-state index in [4.69, 9.17) is 0 Å². The summed E-state index contributed by atoms with van der Waals surface area (Å²) in [5.41, 5.74) is 1.78. The minimum Gasteiger partial charge on any atom is -0.506 e. The van der Waals surface area contributed by atoms with Gasteiger partial charge in [0.05, 0.1) is 11.4 Å². The van der Waals surface area contributed by atoms with Gasteiger partial charge in [0.1, 0.15) is 5.75 Å². The summed E-state index contributed by atoms with van der Waals surface area (Å²) >= 11 is 0. The van der Waals surface area contributed by atoms with Gasteiger partial charge in [-0.25, -0.2) is 0 Å². The third-order valence-electron chi connectivity index (χ3n) is 1.75. The van der Waals surface area contributed by atoms with Crippen LogP contribution in [0.5, 0.6) is 5.75 Å². The molecule has 0 saturated heterocycles. The minimum atomic E-state index is -0.0501. The van der Waals surface area contributed by atoms with E-state index in [1.807, 2.05) is 0 Å². The largest absolute Gasteiger partial charge is 0.506 e. The van der Waals surface area contributed by atoms with E-state index in [2.05, 4.69) is 4.98 Å². The lowest BCUT2D eigenvalue weighted by Crippen LogP contribution is -1.94. The molecule has 11 heavy (non-hydrogen) atoms. The summed E-state index contributed by atoms with van der Waals surface area (Å²) in [5.74, 6) is 0.140. The summed E-state index contributed by atoms with van der Waals surface area (Å²) in [6, 6.07) is 0. The number of aromatic nitrogens is 1. The number of aryl methyl sites for hydroxylation is 1. The topological polar surface area (TPSA) is 53.1 Å². The van der Waals surface area contributed by atoms with Crippen LogP contribution in [0.1, 0.15) is 28.7 Å². The van der Waals surface area contributed by atoms with Crippen LogP contribution in [0, 0.1) is 13.8 Å². The fourth-order valence-electron chi connectivity index (χ4n) is 1.09. The van der Waals surface area contributed by atoms with Gasteiger partial charge in [-0.05, 0) is 13.8 Å². The van der Waals surface area contributed by atoms with E-state index in [0.29, 0.717) is 17.0 Å². The Kier molecular flexibility index (Phi) is 1.72. The molecule has 0 radical (unpaired) electrons. The van der Waals surface area contributed by atoms with Gasteiger partial charge in [0.25, 0.3) is 0 Å². The number of nitrogens with one attached hydrogen (secondary N) is 1. The molecule has 0 aliphatic rings. The number of hydrogen-bond donors (Lipinski definition) is 2. The van der Waals surface area contributed by atoms with Crippen molar-refractivity contribution >= 4 is 5.78 Å². The monoisotopic (exact) mass is 153 g/mol. The molecule has 0 fully saturated rings. The lowest BCUT2D eigenvalue weighted by molar-refractivity contribution is 0.101. The number of hydrogen-bond acceptors (Lipinski definition) is 2. The first kappa shape index (κ1) is 7.85. The maximum Gasteiger partial charge on any atom is 0.176 e. The van der Waals surface area contributed by atoms with Crippen LogP contribution in [0.25, 0.3) is 0 Å². The summed E-state index contributed by atoms with van der Waals surface area (Å²) in [4.78, 5) is 13.7. The van der Waals surface area contributed by atoms with E-state index in [9.17, 15) is 9.90 Å². The second-order valence-electron chi connectivity index (χ2n) is 2.65. The van der Waals surface area contributed by atoms with Gasteiger partial charge < -0.3 is 10.1 Å². The lowest BCUT2D eigenvalue weighted by Gasteiger charge is -1.90. The molecule has 1 heterocycles. The Bertz CT molecular complexity index is 299. The Morgan fingerprint density at radius 1 is 1.45 bits per heavy atom. The van der Waals surface area contributed by atoms with Gasteiger partial charge in [-0.3, -0.25) is 4.79 Å². The van der Waals surface area contributed by atoms with Gasteiger partial charge in [-0.1, -0.05) is 0 Å². The highest BCUT2D eigenvalue weighted by Gasteiger charge is 2.12. The van der Waals surface area contributed by atoms with Crippen molar-refractivity contribution in [2.24, 2.45) is 0 Å². The van der Waals surface area contributed by atoms with Crippen molar-refractivity contribution in [1.82, 2.24) is 4.98 Å². The van der Waals surface area contributed by atoms with Crippen LogP contribution in [0.4, 0.5) is 0 Å². The molecule has 2 N–H and O–H groups in total. The van der Waals surface area contributed by atoms with E-state index in [0.717, 1.165) is 0 Å². The van der Waals surface area contributed by atoms with Gasteiger partial charge in [0.15, 0.2) is 5.78 Å². The Morgan fingerprint density at radius 2 is 2.00 bits per heavy atom. The molecular weight excluding hydrogens is 142 g/mol. The maximum absolute atomic E-state index is 10.9. The van der Waals surface area contributed by atoms with Crippen LogP contribution < -0.4 is 0 Å². The number of aromatic hydroxyl groups is 1. The molecule has 60 valence electrons. The summed E-state index contributed by atoms with van der Waals surface area (Å²) in [5, 5.41) is 9.29. The fraction of sp³-hybridized carbons (Fsp3) is 0.375. The van der Waals surface area contributed by atoms with Crippen LogP contribution in [0.15, 0.2) is 0 Å². The van der Waals surface area contributed by atoms with E-state index in [-0.39, 0.29) is 11.5 Å². The molecule has 0 bridgehead atoms. The van der Waals surface area contributed by atoms with Gasteiger partial charge in [0.2, 0.25) is 0 Å². The number of Topliss-reactive ketones (excluding diaryl/α,β-unsaturated/α-hetero) is 1. The molecule has 0 unspecified atom stereocenters. The smallest absolute Gasteiger partial charge is 0.176 e. The average Bonchev–Trinajstić information content (AvgIpc) is 2.17. The van der Waals surface area contributed by atoms with Crippen molar-refractivity contribution < 1.29 is 9.90 Å². The molecule has 0 aromatic carbocycles. The number of H-pyrrole nitrogens is 1. The molecule has 0 saturated carbocycles. The van der Waals surface area contributed by atoms with Crippen molar-refractivity contribution in [3.8, 4) is 5.75 Å². The van der Waals surface area contributed by atoms with Crippen molar-refractivity contribution in [3.05, 3.63) is 17.0 Å². The number of rotatable bonds is 1. The zero-order valence-corrected chi connectivity index (χ0v) is 6.86. The summed E-state index contributed by atoms with van der Waals surface area (Å²) in [6.07, 6.45) is 0. The molecule has 1 aromatic heterocycles. The molecule has 1 aromatic rings. The molecule has 3 heteroatoms. The number of ketones is 1. The maximum atomic E-state index is 10.9. The standard InChI is InChI=1S/C8H11NO2/c1-4-7(6(3)10)9-5(2)8(4)11/h9,11H,1-3H3. The Morgan fingerprint density at radius 3 is 2.18 bits per heavy atom. The van der Waals surface area contributed by atoms with E-state index in [1.165, 1.54) is 6.92 Å². The fourth-order valence-corrected chi connectivity index (χ4v) is 1.09. The van der Waals surface area contributed by atoms with E-state index < -0.39 is 0 Å². The minimum absolute atomic E-state index is 0.0501. The summed E-state index contributed by atoms with van der Waals surface area (Å²) in [6.45, 7) is 4.92. The summed E-state index contributed by atoms with van der Waals surface area (Å²) in [7, 11) is 0. The second kappa shape index (κ2) is 2.42. The first-order valence-corrected chi connectivity index (χ1v) is 3.43. The average molecular weight is 153 g/mol. The Balaban J connectivity index is 3.29. The van der Waals surface area contributed by atoms with Gasteiger partial charge >= 0.3 is 0 Å². The normalized spacial score (nSPS) is 10.1. The van der Waals surface area contributed by atoms with Crippen molar-refractivity contribution in [3.63, 3.8) is 0 Å². The first-order chi connectivity index (χ1) is 5.04. The van der Waals surface area contributed by atoms with Crippen molar-refractivity contribution in [1.29, 1.82) is 0 Å². The first-order valence-electron chi connectivity index (χ1n) is 3.43. The summed E-state index contributed by atoms with van der Waals surface area (Å²) < 4.78 is 0. The third kappa shape index (κ3) is 1.13. The Labute approximate surface area is 65.1 Å². The van der Waals surface area contributed by atoms with Crippen LogP contribution in [-0.4, -0.2) is 15.9 Å². The third-order valence-corrected chi connectivity index (χ3v) is 1.75. The molecule has 0 aliphatic heterocycles. The van der Waals surface area contributed by atoms with Gasteiger partial charge in [0, 0.05) is 12.5 Å². The number of carbonyl (C=O) groups excluding carboxylic acids is 1. The molecule has 0 amide bonds. The molecule has 1 rings (SSSR count). The lowest BCUT2D eigenvalue weighted by atomic mass is 10.2. The number of aromatic amines is 1. The highest BCUT2D eigenvalue weighted by Crippen LogP contribution is 2.24. The van der Waals surface area contributed by atoms with Gasteiger partial charge in [-0.15, -0.1) is 0 Å². The highest BCUT2D eigenvalue weighted by molar-refractivity contribution is 5.94. The van der Waals surface area contributed by atoms with Crippen molar-refractivity contribution in [2.75, 3.05) is 0 Å². The molecule has 0 spiro atoms. The van der Waals surface area contributed by atoms with Crippen LogP contribution in [-0.2, 0) is 0 Å². The zero-order valence-electron chi connectivity index (χ0n) is 6.86. The van der Waals surface area contributed by atoms with E-state index in [1.54, 1.807) is 13.8 Å². The van der Waals surface area contributed by atoms with Gasteiger partial charge in [-0.2, -0.15) is 0 Å². The highest BCUT2D eigenvalue weighted by atomic mass is 16.3. The molecular formula is C8H11NO2. The molecule has 0 atom stereocenters. The predicted molar refractivity (Wildman–Crippen MR) is 41.9 cm³/mol. The Hall–Kier alpha value is -1.25. The van der Waals surface area contributed by atoms with E-state index >= 15 is 0 Å². The molecule has 3 nitrogen and oxygen atoms in total. The van der Waals surface area contributed by atoms with Crippen molar-refractivity contribution in [2.45, 2.75) is 20.8 Å². The second-order valence-corrected chi connectivity index (χ2v) is 2.65. The number of carbonyl (C=O) groups is 1. The van der Waals surface area contributed by atoms with Crippen LogP contribution in [0.3, 0.4) is 0 Å². The quantitative estimate of drug-likeness (QED) is 0.601. The van der Waals surface area contributed by atoms with Crippen LogP contribution in [0.2, 0.25) is 0 Å². The zero-order chi connectivity index (χ0) is 8.59.